The normalized spacial score (nSPS) is 11.4. The van der Waals surface area contributed by atoms with Crippen molar-refractivity contribution in [3.8, 4) is 11.1 Å². The average Bonchev–Trinajstić information content (AvgIpc) is 3.21. The Morgan fingerprint density at radius 1 is 0.886 bits per heavy atom. The molecule has 0 aliphatic rings. The van der Waals surface area contributed by atoms with E-state index in [0.29, 0.717) is 17.4 Å². The van der Waals surface area contributed by atoms with Gasteiger partial charge < -0.3 is 16.4 Å². The number of halogens is 4. The zero-order valence-corrected chi connectivity index (χ0v) is 18.8. The molecule has 0 atom stereocenters. The number of nitrogens with two attached hydrogens (primary N) is 1. The van der Waals surface area contributed by atoms with E-state index in [4.69, 9.17) is 17.3 Å². The van der Waals surface area contributed by atoms with Crippen LogP contribution in [0.15, 0.2) is 60.7 Å². The van der Waals surface area contributed by atoms with Crippen molar-refractivity contribution in [1.29, 1.82) is 0 Å². The molecule has 0 radical (unpaired) electrons. The Kier molecular flexibility index (Phi) is 6.65. The topological polar surface area (TPSA) is 113 Å². The molecule has 2 amide bonds. The van der Waals surface area contributed by atoms with Gasteiger partial charge in [-0.05, 0) is 53.6 Å². The molecule has 0 spiro atoms. The van der Waals surface area contributed by atoms with Crippen molar-refractivity contribution in [3.05, 3.63) is 82.4 Å². The van der Waals surface area contributed by atoms with Gasteiger partial charge in [0.15, 0.2) is 5.82 Å². The molecule has 3 aromatic carbocycles. The van der Waals surface area contributed by atoms with Gasteiger partial charge in [0.25, 0.3) is 11.8 Å². The van der Waals surface area contributed by atoms with E-state index >= 15 is 0 Å². The van der Waals surface area contributed by atoms with Crippen molar-refractivity contribution in [2.75, 3.05) is 18.8 Å². The number of H-pyrrole nitrogens is 1. The number of rotatable bonds is 6. The van der Waals surface area contributed by atoms with E-state index in [9.17, 15) is 22.8 Å². The van der Waals surface area contributed by atoms with Crippen LogP contribution in [0.3, 0.4) is 0 Å². The van der Waals surface area contributed by atoms with Gasteiger partial charge >= 0.3 is 6.18 Å². The minimum atomic E-state index is -4.67. The number of benzene rings is 3. The van der Waals surface area contributed by atoms with E-state index in [-0.39, 0.29) is 24.6 Å². The standard InChI is InChI=1S/C24H19ClF3N5O2/c25-19-8-6-16(11-18(19)24(26,27)28)23(35)31-10-9-30-22(34)14-3-1-13(2-4-14)15-5-7-17-20(12-15)32-33-21(17)29/h1-8,11-12H,9-10H2,(H,30,34)(H,31,35)(H3,29,32,33). The first-order valence-electron chi connectivity index (χ1n) is 10.4. The molecule has 0 aliphatic carbocycles. The fourth-order valence-electron chi connectivity index (χ4n) is 3.47. The van der Waals surface area contributed by atoms with Gasteiger partial charge in [-0.2, -0.15) is 18.3 Å². The Hall–Kier alpha value is -4.05. The van der Waals surface area contributed by atoms with Gasteiger partial charge in [0.2, 0.25) is 0 Å². The molecule has 1 aromatic heterocycles. The number of aromatic nitrogens is 2. The summed E-state index contributed by atoms with van der Waals surface area (Å²) in [5.41, 5.74) is 7.55. The number of fused-ring (bicyclic) bond motifs is 1. The summed E-state index contributed by atoms with van der Waals surface area (Å²) < 4.78 is 38.9. The quantitative estimate of drug-likeness (QED) is 0.288. The van der Waals surface area contributed by atoms with Crippen LogP contribution < -0.4 is 16.4 Å². The van der Waals surface area contributed by atoms with Crippen LogP contribution in [0.2, 0.25) is 5.02 Å². The van der Waals surface area contributed by atoms with Crippen LogP contribution in [-0.2, 0) is 6.18 Å². The van der Waals surface area contributed by atoms with Crippen LogP contribution in [0.4, 0.5) is 19.0 Å². The molecule has 7 nitrogen and oxygen atoms in total. The molecule has 35 heavy (non-hydrogen) atoms. The summed E-state index contributed by atoms with van der Waals surface area (Å²) in [5.74, 6) is -0.635. The number of carbonyl (C=O) groups excluding carboxylic acids is 2. The van der Waals surface area contributed by atoms with E-state index in [2.05, 4.69) is 20.8 Å². The van der Waals surface area contributed by atoms with Crippen LogP contribution in [0, 0.1) is 0 Å². The maximum Gasteiger partial charge on any atom is 0.417 e. The molecule has 11 heteroatoms. The minimum absolute atomic E-state index is 0.0277. The van der Waals surface area contributed by atoms with E-state index in [0.717, 1.165) is 28.1 Å². The molecule has 180 valence electrons. The van der Waals surface area contributed by atoms with Crippen LogP contribution in [-0.4, -0.2) is 35.1 Å². The summed E-state index contributed by atoms with van der Waals surface area (Å²) in [7, 11) is 0. The number of anilines is 1. The molecule has 0 bridgehead atoms. The molecule has 4 rings (SSSR count). The number of alkyl halides is 3. The molecular formula is C24H19ClF3N5O2. The zero-order chi connectivity index (χ0) is 25.2. The highest BCUT2D eigenvalue weighted by molar-refractivity contribution is 6.31. The molecule has 5 N–H and O–H groups in total. The second-order valence-electron chi connectivity index (χ2n) is 7.65. The summed E-state index contributed by atoms with van der Waals surface area (Å²) in [5, 5.41) is 12.3. The first-order chi connectivity index (χ1) is 16.6. The van der Waals surface area contributed by atoms with Crippen molar-refractivity contribution in [2.45, 2.75) is 6.18 Å². The summed E-state index contributed by atoms with van der Waals surface area (Å²) >= 11 is 5.57. The number of hydrogen-bond acceptors (Lipinski definition) is 4. The highest BCUT2D eigenvalue weighted by Gasteiger charge is 2.33. The maximum atomic E-state index is 13.0. The fourth-order valence-corrected chi connectivity index (χ4v) is 3.70. The molecule has 0 saturated heterocycles. The number of hydrogen-bond donors (Lipinski definition) is 4. The number of carbonyl (C=O) groups is 2. The zero-order valence-electron chi connectivity index (χ0n) is 18.0. The van der Waals surface area contributed by atoms with Crippen molar-refractivity contribution in [2.24, 2.45) is 0 Å². The van der Waals surface area contributed by atoms with Gasteiger partial charge in [0, 0.05) is 29.6 Å². The second-order valence-corrected chi connectivity index (χ2v) is 8.06. The predicted molar refractivity (Wildman–Crippen MR) is 127 cm³/mol. The predicted octanol–water partition coefficient (Wildman–Crippen LogP) is 4.64. The largest absolute Gasteiger partial charge is 0.417 e. The minimum Gasteiger partial charge on any atom is -0.382 e. The summed E-state index contributed by atoms with van der Waals surface area (Å²) in [6.07, 6.45) is -4.67. The number of nitrogen functional groups attached to an aromatic ring is 1. The third-order valence-corrected chi connectivity index (χ3v) is 5.63. The number of amides is 2. The second kappa shape index (κ2) is 9.67. The SMILES string of the molecule is Nc1n[nH]c2cc(-c3ccc(C(=O)NCCNC(=O)c4ccc(Cl)c(C(F)(F)F)c4)cc3)ccc12. The molecule has 0 unspecified atom stereocenters. The van der Waals surface area contributed by atoms with Gasteiger partial charge in [-0.25, -0.2) is 0 Å². The Labute approximate surface area is 202 Å². The average molecular weight is 502 g/mol. The number of nitrogens with one attached hydrogen (secondary N) is 3. The third-order valence-electron chi connectivity index (χ3n) is 5.30. The third kappa shape index (κ3) is 5.38. The molecule has 0 aliphatic heterocycles. The van der Waals surface area contributed by atoms with E-state index in [1.165, 1.54) is 6.07 Å². The molecule has 4 aromatic rings. The Morgan fingerprint density at radius 2 is 1.49 bits per heavy atom. The van der Waals surface area contributed by atoms with Crippen molar-refractivity contribution in [3.63, 3.8) is 0 Å². The van der Waals surface area contributed by atoms with Crippen LogP contribution in [0.5, 0.6) is 0 Å². The van der Waals surface area contributed by atoms with Crippen molar-refractivity contribution >= 4 is 40.1 Å². The van der Waals surface area contributed by atoms with Crippen LogP contribution in [0.25, 0.3) is 22.0 Å². The van der Waals surface area contributed by atoms with Crippen LogP contribution >= 0.6 is 11.6 Å². The van der Waals surface area contributed by atoms with Gasteiger partial charge in [-0.1, -0.05) is 29.8 Å². The molecular weight excluding hydrogens is 483 g/mol. The maximum absolute atomic E-state index is 13.0. The monoisotopic (exact) mass is 501 g/mol. The van der Waals surface area contributed by atoms with Crippen LogP contribution in [0.1, 0.15) is 26.3 Å². The molecule has 0 fully saturated rings. The number of nitrogens with zero attached hydrogens (tertiary/aromatic N) is 1. The van der Waals surface area contributed by atoms with E-state index < -0.39 is 22.7 Å². The van der Waals surface area contributed by atoms with Crippen molar-refractivity contribution in [1.82, 2.24) is 20.8 Å². The lowest BCUT2D eigenvalue weighted by Crippen LogP contribution is -2.34. The fraction of sp³-hybridized carbons (Fsp3) is 0.125. The Morgan fingerprint density at radius 3 is 2.14 bits per heavy atom. The lowest BCUT2D eigenvalue weighted by atomic mass is 10.0. The highest BCUT2D eigenvalue weighted by Crippen LogP contribution is 2.35. The van der Waals surface area contributed by atoms with Gasteiger partial charge in [0.05, 0.1) is 16.1 Å². The highest BCUT2D eigenvalue weighted by atomic mass is 35.5. The smallest absolute Gasteiger partial charge is 0.382 e. The lowest BCUT2D eigenvalue weighted by molar-refractivity contribution is -0.137. The van der Waals surface area contributed by atoms with Crippen molar-refractivity contribution < 1.29 is 22.8 Å². The summed E-state index contributed by atoms with van der Waals surface area (Å²) in [6, 6.07) is 15.5. The first-order valence-corrected chi connectivity index (χ1v) is 10.8. The summed E-state index contributed by atoms with van der Waals surface area (Å²) in [4.78, 5) is 24.5. The lowest BCUT2D eigenvalue weighted by Gasteiger charge is -2.11. The molecule has 0 saturated carbocycles. The van der Waals surface area contributed by atoms with E-state index in [1.54, 1.807) is 24.3 Å². The number of aromatic amines is 1. The van der Waals surface area contributed by atoms with Gasteiger partial charge in [-0.3, -0.25) is 14.7 Å². The Bertz CT molecular complexity index is 1400. The Balaban J connectivity index is 1.30. The van der Waals surface area contributed by atoms with Gasteiger partial charge in [-0.15, -0.1) is 0 Å². The molecule has 1 heterocycles. The van der Waals surface area contributed by atoms with E-state index in [1.807, 2.05) is 18.2 Å². The first kappa shape index (κ1) is 24.1. The van der Waals surface area contributed by atoms with Gasteiger partial charge in [0.1, 0.15) is 0 Å². The summed E-state index contributed by atoms with van der Waals surface area (Å²) in [6.45, 7) is 0.115.